The quantitative estimate of drug-likeness (QED) is 0.919. The van der Waals surface area contributed by atoms with Crippen LogP contribution >= 0.6 is 0 Å². The molecule has 4 rings (SSSR count). The summed E-state index contributed by atoms with van der Waals surface area (Å²) in [6.45, 7) is 10.6. The summed E-state index contributed by atoms with van der Waals surface area (Å²) in [6, 6.07) is 11.0. The fourth-order valence-corrected chi connectivity index (χ4v) is 3.74. The predicted molar refractivity (Wildman–Crippen MR) is 102 cm³/mol. The minimum absolute atomic E-state index is 0.330. The third-order valence-electron chi connectivity index (χ3n) is 5.11. The lowest BCUT2D eigenvalue weighted by Crippen LogP contribution is -2.45. The molecule has 0 saturated carbocycles. The van der Waals surface area contributed by atoms with Gasteiger partial charge in [0.1, 0.15) is 12.2 Å². The maximum absolute atomic E-state index is 6.01. The van der Waals surface area contributed by atoms with E-state index in [0.29, 0.717) is 18.5 Å². The summed E-state index contributed by atoms with van der Waals surface area (Å²) >= 11 is 0. The van der Waals surface area contributed by atoms with Gasteiger partial charge in [-0.25, -0.2) is 4.98 Å². The Labute approximate surface area is 155 Å². The lowest BCUT2D eigenvalue weighted by molar-refractivity contribution is 0.0148. The molecule has 0 aliphatic carbocycles. The molecule has 0 bridgehead atoms. The number of aryl methyl sites for hydroxylation is 1. The van der Waals surface area contributed by atoms with Crippen molar-refractivity contribution in [3.8, 4) is 11.6 Å². The Morgan fingerprint density at radius 1 is 1.27 bits per heavy atom. The van der Waals surface area contributed by atoms with Gasteiger partial charge in [-0.15, -0.1) is 0 Å². The topological polar surface area (TPSA) is 46.6 Å². The molecule has 3 heterocycles. The van der Waals surface area contributed by atoms with E-state index >= 15 is 0 Å². The number of nitrogens with zero attached hydrogens (tertiary/aromatic N) is 2. The van der Waals surface area contributed by atoms with E-state index in [0.717, 1.165) is 37.5 Å². The molecule has 0 unspecified atom stereocenters. The van der Waals surface area contributed by atoms with Crippen molar-refractivity contribution in [1.82, 2.24) is 15.2 Å². The van der Waals surface area contributed by atoms with Gasteiger partial charge >= 0.3 is 0 Å². The van der Waals surface area contributed by atoms with E-state index in [1.54, 1.807) is 0 Å². The summed E-state index contributed by atoms with van der Waals surface area (Å²) in [5, 5.41) is 3.66. The molecule has 26 heavy (non-hydrogen) atoms. The summed E-state index contributed by atoms with van der Waals surface area (Å²) in [5.41, 5.74) is 3.54. The Hall–Kier alpha value is -2.11. The van der Waals surface area contributed by atoms with E-state index in [1.165, 1.54) is 11.1 Å². The molecule has 1 atom stereocenters. The van der Waals surface area contributed by atoms with Crippen molar-refractivity contribution >= 4 is 0 Å². The van der Waals surface area contributed by atoms with E-state index in [2.05, 4.69) is 46.4 Å². The smallest absolute Gasteiger partial charge is 0.257 e. The van der Waals surface area contributed by atoms with Gasteiger partial charge in [0.05, 0.1) is 0 Å². The van der Waals surface area contributed by atoms with Crippen LogP contribution in [0.5, 0.6) is 11.6 Å². The molecule has 2 aromatic rings. The SMILES string of the molecule is Cc1ccccc1[C@@H]1CN(Cc2ccnc3c2OCC(C)(C)O3)CCN1. The Balaban J connectivity index is 1.51. The number of nitrogens with one attached hydrogen (secondary N) is 1. The second-order valence-corrected chi connectivity index (χ2v) is 7.85. The molecule has 2 aliphatic rings. The first-order valence-corrected chi connectivity index (χ1v) is 9.33. The highest BCUT2D eigenvalue weighted by Gasteiger charge is 2.31. The minimum Gasteiger partial charge on any atom is -0.483 e. The number of hydrogen-bond donors (Lipinski definition) is 1. The number of aromatic nitrogens is 1. The van der Waals surface area contributed by atoms with E-state index in [-0.39, 0.29) is 5.60 Å². The average molecular weight is 353 g/mol. The average Bonchev–Trinajstić information content (AvgIpc) is 2.61. The van der Waals surface area contributed by atoms with Gasteiger partial charge in [-0.2, -0.15) is 0 Å². The highest BCUT2D eigenvalue weighted by Crippen LogP contribution is 2.36. The number of ether oxygens (including phenoxy) is 2. The van der Waals surface area contributed by atoms with Crippen LogP contribution in [0.3, 0.4) is 0 Å². The third-order valence-corrected chi connectivity index (χ3v) is 5.11. The highest BCUT2D eigenvalue weighted by molar-refractivity contribution is 5.43. The lowest BCUT2D eigenvalue weighted by Gasteiger charge is -2.36. The molecule has 0 amide bonds. The number of rotatable bonds is 3. The van der Waals surface area contributed by atoms with E-state index in [4.69, 9.17) is 9.47 Å². The van der Waals surface area contributed by atoms with Crippen LogP contribution in [-0.2, 0) is 6.54 Å². The van der Waals surface area contributed by atoms with E-state index < -0.39 is 0 Å². The number of fused-ring (bicyclic) bond motifs is 1. The van der Waals surface area contributed by atoms with Crippen molar-refractivity contribution in [3.63, 3.8) is 0 Å². The Morgan fingerprint density at radius 2 is 2.12 bits per heavy atom. The van der Waals surface area contributed by atoms with Crippen molar-refractivity contribution in [2.24, 2.45) is 0 Å². The van der Waals surface area contributed by atoms with Gasteiger partial charge in [0, 0.05) is 44.0 Å². The van der Waals surface area contributed by atoms with Crippen LogP contribution in [-0.4, -0.2) is 41.7 Å². The number of hydrogen-bond acceptors (Lipinski definition) is 5. The zero-order valence-electron chi connectivity index (χ0n) is 15.8. The van der Waals surface area contributed by atoms with Gasteiger partial charge in [-0.1, -0.05) is 24.3 Å². The second-order valence-electron chi connectivity index (χ2n) is 7.85. The van der Waals surface area contributed by atoms with Crippen LogP contribution in [0.4, 0.5) is 0 Å². The summed E-state index contributed by atoms with van der Waals surface area (Å²) < 4.78 is 12.0. The highest BCUT2D eigenvalue weighted by atomic mass is 16.6. The summed E-state index contributed by atoms with van der Waals surface area (Å²) in [5.74, 6) is 1.42. The van der Waals surface area contributed by atoms with Gasteiger partial charge in [-0.05, 0) is 38.0 Å². The fraction of sp³-hybridized carbons (Fsp3) is 0.476. The first-order valence-electron chi connectivity index (χ1n) is 9.33. The van der Waals surface area contributed by atoms with E-state index in [9.17, 15) is 0 Å². The maximum Gasteiger partial charge on any atom is 0.257 e. The maximum atomic E-state index is 6.01. The molecule has 1 aromatic carbocycles. The summed E-state index contributed by atoms with van der Waals surface area (Å²) in [4.78, 5) is 6.84. The molecule has 0 spiro atoms. The molecule has 138 valence electrons. The fourth-order valence-electron chi connectivity index (χ4n) is 3.74. The van der Waals surface area contributed by atoms with Gasteiger partial charge in [0.2, 0.25) is 0 Å². The van der Waals surface area contributed by atoms with Crippen molar-refractivity contribution in [2.45, 2.75) is 39.0 Å². The van der Waals surface area contributed by atoms with Crippen LogP contribution in [0.1, 0.15) is 36.6 Å². The lowest BCUT2D eigenvalue weighted by atomic mass is 9.99. The monoisotopic (exact) mass is 353 g/mol. The third kappa shape index (κ3) is 3.55. The molecular formula is C21H27N3O2. The molecule has 1 saturated heterocycles. The first-order chi connectivity index (χ1) is 12.5. The summed E-state index contributed by atoms with van der Waals surface area (Å²) in [7, 11) is 0. The van der Waals surface area contributed by atoms with Crippen LogP contribution < -0.4 is 14.8 Å². The van der Waals surface area contributed by atoms with Crippen LogP contribution in [0.25, 0.3) is 0 Å². The Bertz CT molecular complexity index is 791. The van der Waals surface area contributed by atoms with Crippen molar-refractivity contribution < 1.29 is 9.47 Å². The molecule has 1 aromatic heterocycles. The summed E-state index contributed by atoms with van der Waals surface area (Å²) in [6.07, 6.45) is 1.82. The zero-order chi connectivity index (χ0) is 18.1. The molecule has 5 heteroatoms. The second kappa shape index (κ2) is 6.89. The largest absolute Gasteiger partial charge is 0.483 e. The van der Waals surface area contributed by atoms with E-state index in [1.807, 2.05) is 26.1 Å². The molecule has 5 nitrogen and oxygen atoms in total. The first kappa shape index (κ1) is 17.3. The van der Waals surface area contributed by atoms with Crippen LogP contribution in [0.15, 0.2) is 36.5 Å². The van der Waals surface area contributed by atoms with Gasteiger partial charge in [-0.3, -0.25) is 4.90 Å². The number of piperazine rings is 1. The van der Waals surface area contributed by atoms with Crippen molar-refractivity contribution in [2.75, 3.05) is 26.2 Å². The van der Waals surface area contributed by atoms with Gasteiger partial charge < -0.3 is 14.8 Å². The standard InChI is InChI=1S/C21H27N3O2/c1-15-6-4-5-7-17(15)18-13-24(11-10-22-18)12-16-8-9-23-20-19(16)25-14-21(2,3)26-20/h4-9,18,22H,10-14H2,1-3H3/t18-/m0/s1. The number of pyridine rings is 1. The van der Waals surface area contributed by atoms with Gasteiger partial charge in [0.25, 0.3) is 5.88 Å². The number of benzene rings is 1. The molecular weight excluding hydrogens is 326 g/mol. The molecule has 2 aliphatic heterocycles. The van der Waals surface area contributed by atoms with Crippen LogP contribution in [0, 0.1) is 6.92 Å². The Morgan fingerprint density at radius 3 is 2.96 bits per heavy atom. The van der Waals surface area contributed by atoms with Crippen molar-refractivity contribution in [3.05, 3.63) is 53.2 Å². The molecule has 1 N–H and O–H groups in total. The molecule has 1 fully saturated rings. The normalized spacial score (nSPS) is 22.2. The van der Waals surface area contributed by atoms with Gasteiger partial charge in [0.15, 0.2) is 5.75 Å². The Kier molecular flexibility index (Phi) is 4.59. The van der Waals surface area contributed by atoms with Crippen LogP contribution in [0.2, 0.25) is 0 Å². The predicted octanol–water partition coefficient (Wildman–Crippen LogP) is 3.09. The minimum atomic E-state index is -0.330. The van der Waals surface area contributed by atoms with Crippen molar-refractivity contribution in [1.29, 1.82) is 0 Å². The molecule has 0 radical (unpaired) electrons. The zero-order valence-corrected chi connectivity index (χ0v) is 15.8.